The molecule has 0 aromatic heterocycles. The molecule has 0 spiro atoms. The standard InChI is InChI=1S/C26H48N2O6S.Na/c1-2-3-4-5-6-7-8-9-10-11-12-13-14-15-16-17-25(31)26-27-18-19-28(26,20-21-29)22-24(30)23-35(32,33)34;/h11-12,24,29-30H,2-10,13-23H2,1H3;/q;+1/b12-11+;. The van der Waals surface area contributed by atoms with Crippen LogP contribution < -0.4 is 29.6 Å². The fourth-order valence-corrected chi connectivity index (χ4v) is 5.37. The first kappa shape index (κ1) is 35.9. The first-order chi connectivity index (χ1) is 16.7. The van der Waals surface area contributed by atoms with Gasteiger partial charge in [-0.3, -0.25) is 9.28 Å². The smallest absolute Gasteiger partial charge is 0.748 e. The van der Waals surface area contributed by atoms with Crippen LogP contribution in [-0.4, -0.2) is 83.9 Å². The van der Waals surface area contributed by atoms with Crippen molar-refractivity contribution < 1.29 is 62.0 Å². The van der Waals surface area contributed by atoms with Crippen LogP contribution in [-0.2, 0) is 14.9 Å². The SMILES string of the molecule is CCCCCCCCCC/C=C/CCCCCC(=O)C1=NCC[N+]1(CCO)CC(O)CS(=O)(=O)[O-].[Na+]. The van der Waals surface area contributed by atoms with Crippen molar-refractivity contribution in [3.05, 3.63) is 12.2 Å². The van der Waals surface area contributed by atoms with Crippen LogP contribution in [0.4, 0.5) is 0 Å². The van der Waals surface area contributed by atoms with Gasteiger partial charge in [-0.05, 0) is 32.1 Å². The van der Waals surface area contributed by atoms with Gasteiger partial charge in [0.2, 0.25) is 5.78 Å². The Morgan fingerprint density at radius 3 is 2.14 bits per heavy atom. The number of hydrogen-bond donors (Lipinski definition) is 2. The summed E-state index contributed by atoms with van der Waals surface area (Å²) in [6, 6.07) is 0. The number of aliphatic hydroxyl groups excluding tert-OH is 2. The molecule has 1 aliphatic rings. The number of aliphatic imine (C=N–C) groups is 1. The molecule has 2 unspecified atom stereocenters. The van der Waals surface area contributed by atoms with Crippen LogP contribution >= 0.6 is 0 Å². The molecule has 0 aromatic carbocycles. The first-order valence-electron chi connectivity index (χ1n) is 13.6. The molecular weight excluding hydrogens is 491 g/mol. The normalized spacial score (nSPS) is 18.8. The quantitative estimate of drug-likeness (QED) is 0.0686. The van der Waals surface area contributed by atoms with Crippen LogP contribution in [0.2, 0.25) is 0 Å². The molecule has 0 amide bonds. The minimum absolute atomic E-state index is 0. The van der Waals surface area contributed by atoms with Gasteiger partial charge < -0.3 is 14.8 Å². The minimum atomic E-state index is -4.59. The monoisotopic (exact) mass is 539 g/mol. The fraction of sp³-hybridized carbons (Fsp3) is 0.846. The van der Waals surface area contributed by atoms with Crippen molar-refractivity contribution in [1.29, 1.82) is 0 Å². The summed E-state index contributed by atoms with van der Waals surface area (Å²) < 4.78 is 32.9. The maximum absolute atomic E-state index is 12.8. The van der Waals surface area contributed by atoms with Crippen LogP contribution in [0.15, 0.2) is 17.1 Å². The van der Waals surface area contributed by atoms with Gasteiger partial charge in [-0.15, -0.1) is 0 Å². The van der Waals surface area contributed by atoms with E-state index in [2.05, 4.69) is 24.1 Å². The Morgan fingerprint density at radius 1 is 1.03 bits per heavy atom. The predicted octanol–water partition coefficient (Wildman–Crippen LogP) is 0.724. The van der Waals surface area contributed by atoms with E-state index in [4.69, 9.17) is 0 Å². The number of amidine groups is 1. The summed E-state index contributed by atoms with van der Waals surface area (Å²) in [5.74, 6) is -0.753. The number of carbonyl (C=O) groups excluding carboxylic acids is 1. The zero-order valence-corrected chi connectivity index (χ0v) is 25.5. The Morgan fingerprint density at radius 2 is 1.58 bits per heavy atom. The number of quaternary nitrogens is 1. The fourth-order valence-electron chi connectivity index (χ4n) is 4.79. The van der Waals surface area contributed by atoms with Crippen molar-refractivity contribution in [2.75, 3.05) is 38.5 Å². The van der Waals surface area contributed by atoms with E-state index in [1.165, 1.54) is 51.4 Å². The van der Waals surface area contributed by atoms with E-state index in [0.29, 0.717) is 19.5 Å². The largest absolute Gasteiger partial charge is 1.00 e. The zero-order chi connectivity index (χ0) is 26.0. The van der Waals surface area contributed by atoms with Crippen LogP contribution in [0.25, 0.3) is 0 Å². The molecule has 8 nitrogen and oxygen atoms in total. The Hall–Kier alpha value is -0.130. The number of allylic oxidation sites excluding steroid dienone is 2. The summed E-state index contributed by atoms with van der Waals surface area (Å²) in [7, 11) is -4.59. The van der Waals surface area contributed by atoms with Crippen molar-refractivity contribution in [2.24, 2.45) is 4.99 Å². The summed E-state index contributed by atoms with van der Waals surface area (Å²) >= 11 is 0. The van der Waals surface area contributed by atoms with Crippen LogP contribution in [0.1, 0.15) is 96.8 Å². The molecule has 2 N–H and O–H groups in total. The second-order valence-corrected chi connectivity index (χ2v) is 11.3. The molecule has 10 heteroatoms. The molecule has 1 rings (SSSR count). The second kappa shape index (κ2) is 20.8. The van der Waals surface area contributed by atoms with E-state index in [9.17, 15) is 28.0 Å². The number of nitrogens with zero attached hydrogens (tertiary/aromatic N) is 2. The Kier molecular flexibility index (Phi) is 20.7. The molecule has 1 aliphatic heterocycles. The molecule has 0 aliphatic carbocycles. The van der Waals surface area contributed by atoms with Crippen molar-refractivity contribution in [1.82, 2.24) is 0 Å². The summed E-state index contributed by atoms with van der Waals surface area (Å²) in [5, 5.41) is 19.6. The number of aliphatic hydroxyl groups is 2. The van der Waals surface area contributed by atoms with Gasteiger partial charge in [0, 0.05) is 6.42 Å². The molecule has 1 heterocycles. The first-order valence-corrected chi connectivity index (χ1v) is 15.1. The van der Waals surface area contributed by atoms with Crippen molar-refractivity contribution in [3.8, 4) is 0 Å². The molecule has 36 heavy (non-hydrogen) atoms. The van der Waals surface area contributed by atoms with E-state index in [1.807, 2.05) is 0 Å². The number of hydrogen-bond acceptors (Lipinski definition) is 7. The van der Waals surface area contributed by atoms with Gasteiger partial charge >= 0.3 is 29.6 Å². The number of ketones is 1. The maximum atomic E-state index is 12.8. The zero-order valence-electron chi connectivity index (χ0n) is 22.7. The van der Waals surface area contributed by atoms with Gasteiger partial charge in [-0.2, -0.15) is 0 Å². The molecule has 0 saturated carbocycles. The maximum Gasteiger partial charge on any atom is 1.00 e. The molecular formula is C26H48N2NaO6S+. The Balaban J connectivity index is 0.0000122. The third-order valence-electron chi connectivity index (χ3n) is 6.64. The molecule has 2 atom stereocenters. The number of unbranched alkanes of at least 4 members (excludes halogenated alkanes) is 11. The predicted molar refractivity (Wildman–Crippen MR) is 139 cm³/mol. The molecule has 0 fully saturated rings. The average Bonchev–Trinajstić information content (AvgIpc) is 3.18. The topological polar surface area (TPSA) is 127 Å². The van der Waals surface area contributed by atoms with E-state index in [1.54, 1.807) is 0 Å². The van der Waals surface area contributed by atoms with Crippen molar-refractivity contribution in [3.63, 3.8) is 0 Å². The third kappa shape index (κ3) is 16.0. The minimum Gasteiger partial charge on any atom is -0.748 e. The van der Waals surface area contributed by atoms with E-state index >= 15 is 0 Å². The molecule has 0 saturated heterocycles. The Labute approximate surface area is 241 Å². The van der Waals surface area contributed by atoms with E-state index < -0.39 is 22.0 Å². The molecule has 204 valence electrons. The van der Waals surface area contributed by atoms with Gasteiger partial charge in [-0.1, -0.05) is 70.4 Å². The number of rotatable bonds is 22. The summed E-state index contributed by atoms with van der Waals surface area (Å²) in [6.07, 6.45) is 18.9. The van der Waals surface area contributed by atoms with Crippen molar-refractivity contribution in [2.45, 2.75) is 103 Å². The van der Waals surface area contributed by atoms with Gasteiger partial charge in [-0.25, -0.2) is 13.4 Å². The molecule has 0 aromatic rings. The summed E-state index contributed by atoms with van der Waals surface area (Å²) in [5.41, 5.74) is 0. The van der Waals surface area contributed by atoms with Crippen LogP contribution in [0.3, 0.4) is 0 Å². The van der Waals surface area contributed by atoms with Crippen molar-refractivity contribution >= 4 is 21.7 Å². The molecule has 0 bridgehead atoms. The summed E-state index contributed by atoms with van der Waals surface area (Å²) in [6.45, 7) is 2.84. The van der Waals surface area contributed by atoms with Gasteiger partial charge in [0.15, 0.2) is 0 Å². The third-order valence-corrected chi connectivity index (χ3v) is 7.43. The van der Waals surface area contributed by atoms with Gasteiger partial charge in [0.1, 0.15) is 25.7 Å². The summed E-state index contributed by atoms with van der Waals surface area (Å²) in [4.78, 5) is 17.2. The van der Waals surface area contributed by atoms with Crippen LogP contribution in [0.5, 0.6) is 0 Å². The van der Waals surface area contributed by atoms with E-state index in [0.717, 1.165) is 32.1 Å². The second-order valence-electron chi connectivity index (χ2n) is 9.84. The molecule has 0 radical (unpaired) electrons. The van der Waals surface area contributed by atoms with Crippen LogP contribution in [0, 0.1) is 0 Å². The average molecular weight is 540 g/mol. The Bertz CT molecular complexity index is 760. The number of carbonyl (C=O) groups is 1. The van der Waals surface area contributed by atoms with Gasteiger partial charge in [0.25, 0.3) is 5.84 Å². The van der Waals surface area contributed by atoms with E-state index in [-0.39, 0.29) is 65.4 Å². The number of Topliss-reactive ketones (excluding diaryl/α,β-unsaturated/α-hetero) is 1. The van der Waals surface area contributed by atoms with Gasteiger partial charge in [0.05, 0.1) is 29.0 Å².